The lowest BCUT2D eigenvalue weighted by molar-refractivity contribution is 0.188. The van der Waals surface area contributed by atoms with E-state index in [1.807, 2.05) is 12.1 Å². The lowest BCUT2D eigenvalue weighted by Crippen LogP contribution is -2.37. The minimum atomic E-state index is 0.698. The van der Waals surface area contributed by atoms with E-state index in [-0.39, 0.29) is 0 Å². The summed E-state index contributed by atoms with van der Waals surface area (Å²) in [5.74, 6) is 2.38. The van der Waals surface area contributed by atoms with Gasteiger partial charge in [-0.15, -0.1) is 0 Å². The van der Waals surface area contributed by atoms with Crippen LogP contribution in [0.2, 0.25) is 5.02 Å². The van der Waals surface area contributed by atoms with E-state index in [1.165, 1.54) is 37.9 Å². The van der Waals surface area contributed by atoms with Gasteiger partial charge in [-0.3, -0.25) is 4.99 Å². The summed E-state index contributed by atoms with van der Waals surface area (Å²) in [4.78, 5) is 4.55. The number of nitrogens with zero attached hydrogens (tertiary/aromatic N) is 1. The predicted molar refractivity (Wildman–Crippen MR) is 85.7 cm³/mol. The van der Waals surface area contributed by atoms with E-state index < -0.39 is 0 Å². The van der Waals surface area contributed by atoms with E-state index in [4.69, 9.17) is 11.6 Å². The van der Waals surface area contributed by atoms with Crippen molar-refractivity contribution in [2.75, 3.05) is 19.6 Å². The van der Waals surface area contributed by atoms with Gasteiger partial charge in [0.05, 0.1) is 0 Å². The van der Waals surface area contributed by atoms with Crippen molar-refractivity contribution in [3.8, 4) is 0 Å². The fraction of sp³-hybridized carbons (Fsp3) is 0.588. The van der Waals surface area contributed by atoms with Gasteiger partial charge in [0.2, 0.25) is 0 Å². The van der Waals surface area contributed by atoms with Gasteiger partial charge in [-0.1, -0.05) is 23.7 Å². The molecule has 2 aliphatic rings. The highest BCUT2D eigenvalue weighted by Crippen LogP contribution is 2.34. The molecule has 0 spiro atoms. The van der Waals surface area contributed by atoms with Crippen LogP contribution in [0.15, 0.2) is 29.3 Å². The summed E-state index contributed by atoms with van der Waals surface area (Å²) in [6.07, 6.45) is 7.13. The minimum Gasteiger partial charge on any atom is -0.317 e. The number of hydrogen-bond acceptors (Lipinski definition) is 2. The summed E-state index contributed by atoms with van der Waals surface area (Å²) < 4.78 is 0. The van der Waals surface area contributed by atoms with Gasteiger partial charge in [-0.05, 0) is 80.4 Å². The maximum atomic E-state index is 5.97. The fourth-order valence-electron chi connectivity index (χ4n) is 3.72. The zero-order valence-electron chi connectivity index (χ0n) is 11.9. The van der Waals surface area contributed by atoms with Crippen molar-refractivity contribution in [3.05, 3.63) is 34.9 Å². The third kappa shape index (κ3) is 3.42. The van der Waals surface area contributed by atoms with Crippen LogP contribution in [0.3, 0.4) is 0 Å². The Balaban J connectivity index is 1.68. The third-order valence-corrected chi connectivity index (χ3v) is 5.10. The zero-order chi connectivity index (χ0) is 13.8. The van der Waals surface area contributed by atoms with Crippen LogP contribution >= 0.6 is 11.6 Å². The molecule has 1 aromatic carbocycles. The first-order valence-electron chi connectivity index (χ1n) is 7.76. The molecule has 20 heavy (non-hydrogen) atoms. The first-order chi connectivity index (χ1) is 9.83. The molecule has 1 saturated heterocycles. The summed E-state index contributed by atoms with van der Waals surface area (Å²) in [5, 5.41) is 4.30. The molecule has 2 heterocycles. The standard InChI is InChI=1S/C17H23ClN2/c18-16-3-1-13(2-4-16)11-15-12-20-10-7-17(15)14-5-8-19-9-6-14/h1-4,10,14-15,17,19H,5-9,11-12H2. The summed E-state index contributed by atoms with van der Waals surface area (Å²) in [7, 11) is 0. The molecule has 1 N–H and O–H groups in total. The van der Waals surface area contributed by atoms with Crippen molar-refractivity contribution in [1.82, 2.24) is 5.32 Å². The van der Waals surface area contributed by atoms with E-state index in [0.29, 0.717) is 5.92 Å². The van der Waals surface area contributed by atoms with Gasteiger partial charge in [-0.2, -0.15) is 0 Å². The lowest BCUT2D eigenvalue weighted by Gasteiger charge is -2.37. The summed E-state index contributed by atoms with van der Waals surface area (Å²) >= 11 is 5.97. The van der Waals surface area contributed by atoms with Gasteiger partial charge in [0.1, 0.15) is 0 Å². The summed E-state index contributed by atoms with van der Waals surface area (Å²) in [6, 6.07) is 8.34. The Kier molecular flexibility index (Phi) is 4.74. The fourth-order valence-corrected chi connectivity index (χ4v) is 3.85. The van der Waals surface area contributed by atoms with E-state index in [9.17, 15) is 0 Å². The number of halogens is 1. The molecule has 2 aliphatic heterocycles. The molecule has 0 bridgehead atoms. The molecule has 108 valence electrons. The maximum Gasteiger partial charge on any atom is 0.0419 e. The molecule has 1 fully saturated rings. The van der Waals surface area contributed by atoms with E-state index in [0.717, 1.165) is 29.8 Å². The molecule has 2 atom stereocenters. The summed E-state index contributed by atoms with van der Waals surface area (Å²) in [6.45, 7) is 3.37. The van der Waals surface area contributed by atoms with Crippen LogP contribution in [0.4, 0.5) is 0 Å². The molecule has 0 radical (unpaired) electrons. The Hall–Kier alpha value is -0.860. The molecule has 0 amide bonds. The summed E-state index contributed by atoms with van der Waals surface area (Å²) in [5.41, 5.74) is 1.40. The van der Waals surface area contributed by atoms with Crippen molar-refractivity contribution < 1.29 is 0 Å². The number of benzene rings is 1. The normalized spacial score (nSPS) is 27.6. The molecule has 0 aromatic heterocycles. The van der Waals surface area contributed by atoms with Crippen molar-refractivity contribution in [2.45, 2.75) is 25.7 Å². The SMILES string of the molecule is Clc1ccc(CC2CN=CCC2C2CCNCC2)cc1. The van der Waals surface area contributed by atoms with Crippen molar-refractivity contribution in [1.29, 1.82) is 0 Å². The van der Waals surface area contributed by atoms with Crippen molar-refractivity contribution in [2.24, 2.45) is 22.7 Å². The highest BCUT2D eigenvalue weighted by molar-refractivity contribution is 6.30. The van der Waals surface area contributed by atoms with Gasteiger partial charge in [0, 0.05) is 11.6 Å². The smallest absolute Gasteiger partial charge is 0.0419 e. The number of rotatable bonds is 3. The molecule has 2 unspecified atom stereocenters. The highest BCUT2D eigenvalue weighted by atomic mass is 35.5. The molecule has 3 rings (SSSR count). The van der Waals surface area contributed by atoms with Crippen molar-refractivity contribution in [3.63, 3.8) is 0 Å². The Morgan fingerprint density at radius 2 is 1.90 bits per heavy atom. The molecule has 2 nitrogen and oxygen atoms in total. The Morgan fingerprint density at radius 1 is 1.15 bits per heavy atom. The van der Waals surface area contributed by atoms with Crippen LogP contribution in [0.5, 0.6) is 0 Å². The topological polar surface area (TPSA) is 24.4 Å². The van der Waals surface area contributed by atoms with Gasteiger partial charge in [-0.25, -0.2) is 0 Å². The second-order valence-corrected chi connectivity index (χ2v) is 6.56. The Morgan fingerprint density at radius 3 is 2.65 bits per heavy atom. The second-order valence-electron chi connectivity index (χ2n) is 6.13. The van der Waals surface area contributed by atoms with E-state index in [1.54, 1.807) is 0 Å². The molecule has 0 aliphatic carbocycles. The Bertz CT molecular complexity index is 449. The number of aliphatic imine (C=N–C) groups is 1. The van der Waals surface area contributed by atoms with Crippen LogP contribution in [0.1, 0.15) is 24.8 Å². The molecule has 0 saturated carbocycles. The van der Waals surface area contributed by atoms with Crippen LogP contribution in [-0.4, -0.2) is 25.8 Å². The molecular formula is C17H23ClN2. The van der Waals surface area contributed by atoms with E-state index >= 15 is 0 Å². The minimum absolute atomic E-state index is 0.698. The average molecular weight is 291 g/mol. The van der Waals surface area contributed by atoms with Crippen LogP contribution in [0, 0.1) is 17.8 Å². The quantitative estimate of drug-likeness (QED) is 0.904. The van der Waals surface area contributed by atoms with Crippen LogP contribution in [-0.2, 0) is 6.42 Å². The van der Waals surface area contributed by atoms with Gasteiger partial charge >= 0.3 is 0 Å². The highest BCUT2D eigenvalue weighted by Gasteiger charge is 2.31. The van der Waals surface area contributed by atoms with Crippen LogP contribution in [0.25, 0.3) is 0 Å². The predicted octanol–water partition coefficient (Wildman–Crippen LogP) is 3.59. The largest absolute Gasteiger partial charge is 0.317 e. The van der Waals surface area contributed by atoms with Crippen molar-refractivity contribution >= 4 is 17.8 Å². The first kappa shape index (κ1) is 14.1. The van der Waals surface area contributed by atoms with Gasteiger partial charge < -0.3 is 5.32 Å². The molecular weight excluding hydrogens is 268 g/mol. The lowest BCUT2D eigenvalue weighted by atomic mass is 9.72. The first-order valence-corrected chi connectivity index (χ1v) is 8.14. The number of nitrogens with one attached hydrogen (secondary N) is 1. The van der Waals surface area contributed by atoms with Crippen LogP contribution < -0.4 is 5.32 Å². The third-order valence-electron chi connectivity index (χ3n) is 4.85. The van der Waals surface area contributed by atoms with Gasteiger partial charge in [0.25, 0.3) is 0 Å². The Labute approximate surface area is 126 Å². The van der Waals surface area contributed by atoms with E-state index in [2.05, 4.69) is 28.7 Å². The zero-order valence-corrected chi connectivity index (χ0v) is 12.6. The van der Waals surface area contributed by atoms with Gasteiger partial charge in [0.15, 0.2) is 0 Å². The molecule has 3 heteroatoms. The molecule has 1 aromatic rings. The number of hydrogen-bond donors (Lipinski definition) is 1. The second kappa shape index (κ2) is 6.73. The number of piperidine rings is 1. The average Bonchev–Trinajstić information content (AvgIpc) is 2.51. The maximum absolute atomic E-state index is 5.97. The monoisotopic (exact) mass is 290 g/mol.